The van der Waals surface area contributed by atoms with Crippen molar-refractivity contribution in [2.24, 2.45) is 5.92 Å². The van der Waals surface area contributed by atoms with Crippen molar-refractivity contribution in [3.05, 3.63) is 53.3 Å². The number of aromatic nitrogens is 4. The second-order valence-corrected chi connectivity index (χ2v) is 6.83. The Labute approximate surface area is 162 Å². The zero-order valence-corrected chi connectivity index (χ0v) is 15.6. The molecule has 1 atom stereocenters. The van der Waals surface area contributed by atoms with E-state index in [4.69, 9.17) is 11.6 Å². The summed E-state index contributed by atoms with van der Waals surface area (Å²) >= 11 is 6.07. The third kappa shape index (κ3) is 4.91. The van der Waals surface area contributed by atoms with Crippen molar-refractivity contribution in [1.82, 2.24) is 30.4 Å². The van der Waals surface area contributed by atoms with Gasteiger partial charge in [-0.3, -0.25) is 9.59 Å². The topological polar surface area (TPSA) is 93.0 Å². The number of benzene rings is 1. The Kier molecular flexibility index (Phi) is 6.18. The molecule has 1 N–H and O–H groups in total. The number of fused-ring (bicyclic) bond motifs is 1. The fourth-order valence-corrected chi connectivity index (χ4v) is 3.33. The summed E-state index contributed by atoms with van der Waals surface area (Å²) in [7, 11) is 0. The second-order valence-electron chi connectivity index (χ2n) is 6.40. The number of rotatable bonds is 7. The van der Waals surface area contributed by atoms with Crippen LogP contribution < -0.4 is 5.32 Å². The summed E-state index contributed by atoms with van der Waals surface area (Å²) < 4.78 is 1.68. The summed E-state index contributed by atoms with van der Waals surface area (Å²) in [6.45, 7) is 5.06. The average molecular weight is 389 g/mol. The van der Waals surface area contributed by atoms with Gasteiger partial charge < -0.3 is 10.2 Å². The van der Waals surface area contributed by atoms with E-state index in [1.54, 1.807) is 15.6 Å². The third-order valence-corrected chi connectivity index (χ3v) is 4.74. The van der Waals surface area contributed by atoms with E-state index < -0.39 is 0 Å². The number of nitrogens with one attached hydrogen (secondary N) is 1. The molecular weight excluding hydrogens is 368 g/mol. The van der Waals surface area contributed by atoms with Crippen molar-refractivity contribution >= 4 is 23.4 Å². The number of carbonyl (C=O) groups is 2. The van der Waals surface area contributed by atoms with Gasteiger partial charge in [0.05, 0.1) is 12.5 Å². The Hall–Kier alpha value is -2.74. The van der Waals surface area contributed by atoms with Gasteiger partial charge in [-0.1, -0.05) is 30.3 Å². The molecule has 0 saturated heterocycles. The first kappa shape index (κ1) is 19.0. The Bertz CT molecular complexity index is 837. The monoisotopic (exact) mass is 388 g/mol. The molecule has 27 heavy (non-hydrogen) atoms. The number of tetrazole rings is 1. The van der Waals surface area contributed by atoms with Gasteiger partial charge in [0, 0.05) is 31.1 Å². The Balaban J connectivity index is 1.70. The highest BCUT2D eigenvalue weighted by Crippen LogP contribution is 2.21. The molecule has 8 nitrogen and oxygen atoms in total. The van der Waals surface area contributed by atoms with E-state index in [9.17, 15) is 9.59 Å². The van der Waals surface area contributed by atoms with Crippen molar-refractivity contribution in [3.63, 3.8) is 0 Å². The van der Waals surface area contributed by atoms with Crippen molar-refractivity contribution in [1.29, 1.82) is 0 Å². The highest BCUT2D eigenvalue weighted by Gasteiger charge is 2.29. The van der Waals surface area contributed by atoms with Crippen LogP contribution in [-0.4, -0.2) is 50.0 Å². The van der Waals surface area contributed by atoms with Crippen LogP contribution in [-0.2, 0) is 29.1 Å². The number of carbonyl (C=O) groups excluding carboxylic acids is 2. The molecule has 0 aliphatic carbocycles. The maximum Gasteiger partial charge on any atom is 0.243 e. The van der Waals surface area contributed by atoms with Crippen molar-refractivity contribution < 1.29 is 9.59 Å². The summed E-state index contributed by atoms with van der Waals surface area (Å²) in [5.41, 5.74) is 0.935. The van der Waals surface area contributed by atoms with Crippen molar-refractivity contribution in [2.45, 2.75) is 25.9 Å². The fourth-order valence-electron chi connectivity index (χ4n) is 3.12. The van der Waals surface area contributed by atoms with E-state index in [0.29, 0.717) is 44.0 Å². The molecule has 1 aliphatic heterocycles. The Morgan fingerprint density at radius 2 is 2.30 bits per heavy atom. The van der Waals surface area contributed by atoms with Crippen LogP contribution in [0.3, 0.4) is 0 Å². The number of amides is 2. The predicted molar refractivity (Wildman–Crippen MR) is 99.7 cm³/mol. The van der Waals surface area contributed by atoms with Gasteiger partial charge in [0.15, 0.2) is 5.82 Å². The summed E-state index contributed by atoms with van der Waals surface area (Å²) in [6, 6.07) is 7.41. The van der Waals surface area contributed by atoms with Gasteiger partial charge in [-0.15, -0.1) is 5.10 Å². The highest BCUT2D eigenvalue weighted by molar-refractivity contribution is 6.30. The van der Waals surface area contributed by atoms with Crippen LogP contribution in [0.1, 0.15) is 17.8 Å². The van der Waals surface area contributed by atoms with Gasteiger partial charge in [-0.25, -0.2) is 4.68 Å². The summed E-state index contributed by atoms with van der Waals surface area (Å²) in [4.78, 5) is 26.3. The number of nitrogens with zero attached hydrogens (tertiary/aromatic N) is 5. The van der Waals surface area contributed by atoms with E-state index in [-0.39, 0.29) is 17.7 Å². The minimum atomic E-state index is -0.263. The lowest BCUT2D eigenvalue weighted by Gasteiger charge is -2.29. The highest BCUT2D eigenvalue weighted by atomic mass is 35.5. The molecule has 0 saturated carbocycles. The van der Waals surface area contributed by atoms with Crippen LogP contribution >= 0.6 is 11.6 Å². The third-order valence-electron chi connectivity index (χ3n) is 4.51. The number of halogens is 1. The lowest BCUT2D eigenvalue weighted by Crippen LogP contribution is -2.43. The smallest absolute Gasteiger partial charge is 0.243 e. The van der Waals surface area contributed by atoms with Crippen LogP contribution in [0.4, 0.5) is 0 Å². The average Bonchev–Trinajstić information content (AvgIpc) is 3.14. The molecule has 2 amide bonds. The number of hydrogen-bond donors (Lipinski definition) is 1. The second kappa shape index (κ2) is 8.77. The number of aryl methyl sites for hydroxylation is 1. The maximum absolute atomic E-state index is 13.1. The first-order valence-corrected chi connectivity index (χ1v) is 9.13. The van der Waals surface area contributed by atoms with Crippen LogP contribution in [0.25, 0.3) is 0 Å². The minimum absolute atomic E-state index is 0.0176. The molecule has 2 heterocycles. The lowest BCUT2D eigenvalue weighted by atomic mass is 9.98. The van der Waals surface area contributed by atoms with E-state index >= 15 is 0 Å². The fraction of sp³-hybridized carbons (Fsp3) is 0.389. The minimum Gasteiger partial charge on any atom is -0.351 e. The zero-order valence-electron chi connectivity index (χ0n) is 14.8. The van der Waals surface area contributed by atoms with Crippen molar-refractivity contribution in [3.8, 4) is 0 Å². The first-order valence-electron chi connectivity index (χ1n) is 8.75. The summed E-state index contributed by atoms with van der Waals surface area (Å²) in [6.07, 6.45) is 2.58. The van der Waals surface area contributed by atoms with Gasteiger partial charge in [0.1, 0.15) is 0 Å². The van der Waals surface area contributed by atoms with E-state index in [1.165, 1.54) is 6.08 Å². The number of hydrogen-bond acceptors (Lipinski definition) is 5. The molecular formula is C18H21ClN6O2. The molecule has 3 rings (SSSR count). The Morgan fingerprint density at radius 3 is 3.07 bits per heavy atom. The molecule has 1 unspecified atom stereocenters. The van der Waals surface area contributed by atoms with Gasteiger partial charge in [0.2, 0.25) is 11.8 Å². The van der Waals surface area contributed by atoms with Gasteiger partial charge >= 0.3 is 0 Å². The zero-order chi connectivity index (χ0) is 19.2. The summed E-state index contributed by atoms with van der Waals surface area (Å²) in [5.74, 6) is 0.360. The normalized spacial score (nSPS) is 15.7. The Morgan fingerprint density at radius 1 is 1.44 bits per heavy atom. The molecule has 1 aromatic carbocycles. The van der Waals surface area contributed by atoms with Gasteiger partial charge in [-0.2, -0.15) is 0 Å². The SMILES string of the molecule is C=CC(=O)NCCN(Cc1cccc(Cl)c1)C(=O)C1CCc2nnnn2C1. The largest absolute Gasteiger partial charge is 0.351 e. The maximum atomic E-state index is 13.1. The molecule has 0 bridgehead atoms. The quantitative estimate of drug-likeness (QED) is 0.720. The molecule has 1 aromatic heterocycles. The standard InChI is InChI=1S/C18H21ClN6O2/c1-2-17(26)20-8-9-24(11-13-4-3-5-15(19)10-13)18(27)14-6-7-16-21-22-23-25(16)12-14/h2-5,10,14H,1,6-9,11-12H2,(H,20,26). The molecule has 1 aliphatic rings. The van der Waals surface area contributed by atoms with Crippen LogP contribution in [0.15, 0.2) is 36.9 Å². The van der Waals surface area contributed by atoms with E-state index in [1.807, 2.05) is 18.2 Å². The van der Waals surface area contributed by atoms with Crippen LogP contribution in [0.5, 0.6) is 0 Å². The molecule has 9 heteroatoms. The first-order chi connectivity index (χ1) is 13.1. The molecule has 0 spiro atoms. The van der Waals surface area contributed by atoms with E-state index in [0.717, 1.165) is 11.4 Å². The van der Waals surface area contributed by atoms with Gasteiger partial charge in [0.25, 0.3) is 0 Å². The lowest BCUT2D eigenvalue weighted by molar-refractivity contribution is -0.137. The summed E-state index contributed by atoms with van der Waals surface area (Å²) in [5, 5.41) is 14.9. The molecule has 0 fully saturated rings. The van der Waals surface area contributed by atoms with Gasteiger partial charge in [-0.05, 0) is 40.6 Å². The van der Waals surface area contributed by atoms with Crippen LogP contribution in [0.2, 0.25) is 5.02 Å². The van der Waals surface area contributed by atoms with Crippen LogP contribution in [0, 0.1) is 5.92 Å². The molecule has 2 aromatic rings. The van der Waals surface area contributed by atoms with E-state index in [2.05, 4.69) is 27.4 Å². The molecule has 0 radical (unpaired) electrons. The predicted octanol–water partition coefficient (Wildman–Crippen LogP) is 1.22. The molecule has 142 valence electrons. The van der Waals surface area contributed by atoms with Crippen molar-refractivity contribution in [2.75, 3.05) is 13.1 Å².